The molecule has 0 aliphatic rings. The predicted octanol–water partition coefficient (Wildman–Crippen LogP) is 6.03. The van der Waals surface area contributed by atoms with Gasteiger partial charge in [0.1, 0.15) is 17.0 Å². The highest BCUT2D eigenvalue weighted by Crippen LogP contribution is 2.32. The number of fused-ring (bicyclic) bond motifs is 1. The molecule has 0 saturated carbocycles. The summed E-state index contributed by atoms with van der Waals surface area (Å²) >= 11 is 1.27. The molecule has 5 aromatic rings. The summed E-state index contributed by atoms with van der Waals surface area (Å²) in [5.74, 6) is 0.957. The average Bonchev–Trinajstić information content (AvgIpc) is 3.56. The molecule has 0 aliphatic carbocycles. The number of nitrogens with zero attached hydrogens (tertiary/aromatic N) is 2. The molecule has 2 heterocycles. The lowest BCUT2D eigenvalue weighted by Crippen LogP contribution is -2.26. The summed E-state index contributed by atoms with van der Waals surface area (Å²) in [5, 5.41) is 5.87. The lowest BCUT2D eigenvalue weighted by molar-refractivity contribution is 0.102. The Hall–Kier alpha value is -3.99. The van der Waals surface area contributed by atoms with Crippen LogP contribution in [0.4, 0.5) is 5.13 Å². The van der Waals surface area contributed by atoms with Crippen molar-refractivity contribution in [2.24, 2.45) is 0 Å². The Kier molecular flexibility index (Phi) is 7.28. The van der Waals surface area contributed by atoms with Gasteiger partial charge in [-0.1, -0.05) is 30.3 Å². The Morgan fingerprint density at radius 2 is 1.82 bits per heavy atom. The monoisotopic (exact) mass is 547 g/mol. The van der Waals surface area contributed by atoms with E-state index in [1.165, 1.54) is 47.0 Å². The number of amides is 1. The van der Waals surface area contributed by atoms with Gasteiger partial charge >= 0.3 is 0 Å². The van der Waals surface area contributed by atoms with Gasteiger partial charge in [-0.15, -0.1) is 11.3 Å². The minimum atomic E-state index is -3.71. The van der Waals surface area contributed by atoms with E-state index in [2.05, 4.69) is 10.3 Å². The SMILES string of the molecule is CCOc1ccc2oc(-c3csc(NC(=O)c4ccc(S(=O)(=O)N(C)Cc5ccccc5)cc4)n3)cc2c1. The van der Waals surface area contributed by atoms with Gasteiger partial charge in [0.25, 0.3) is 5.91 Å². The molecule has 0 unspecified atom stereocenters. The number of carbonyl (C=O) groups excluding carboxylic acids is 1. The van der Waals surface area contributed by atoms with E-state index in [9.17, 15) is 13.2 Å². The van der Waals surface area contributed by atoms with Crippen LogP contribution >= 0.6 is 11.3 Å². The van der Waals surface area contributed by atoms with Crippen LogP contribution in [0.1, 0.15) is 22.8 Å². The Morgan fingerprint density at radius 1 is 1.05 bits per heavy atom. The number of sulfonamides is 1. The molecule has 0 saturated heterocycles. The third-order valence-electron chi connectivity index (χ3n) is 5.85. The minimum absolute atomic E-state index is 0.112. The van der Waals surface area contributed by atoms with E-state index in [0.717, 1.165) is 16.7 Å². The second-order valence-corrected chi connectivity index (χ2v) is 11.4. The molecule has 0 spiro atoms. The first-order valence-corrected chi connectivity index (χ1v) is 14.2. The zero-order valence-electron chi connectivity index (χ0n) is 20.7. The van der Waals surface area contributed by atoms with E-state index < -0.39 is 15.9 Å². The smallest absolute Gasteiger partial charge is 0.257 e. The van der Waals surface area contributed by atoms with Gasteiger partial charge in [-0.3, -0.25) is 10.1 Å². The fourth-order valence-corrected chi connectivity index (χ4v) is 5.76. The third kappa shape index (κ3) is 5.47. The number of rotatable bonds is 9. The van der Waals surface area contributed by atoms with E-state index in [-0.39, 0.29) is 11.4 Å². The van der Waals surface area contributed by atoms with Gasteiger partial charge in [0.05, 0.1) is 11.5 Å². The standard InChI is InChI=1S/C28H25N3O5S2/c1-3-35-22-11-14-25-21(15-22)16-26(36-25)24-18-37-28(29-24)30-27(32)20-9-12-23(13-10-20)38(33,34)31(2)17-19-7-5-4-6-8-19/h4-16,18H,3,17H2,1-2H3,(H,29,30,32). The summed E-state index contributed by atoms with van der Waals surface area (Å²) in [4.78, 5) is 17.4. The normalized spacial score (nSPS) is 11.7. The van der Waals surface area contributed by atoms with E-state index >= 15 is 0 Å². The molecule has 2 aromatic heterocycles. The topological polar surface area (TPSA) is 102 Å². The highest BCUT2D eigenvalue weighted by molar-refractivity contribution is 7.89. The summed E-state index contributed by atoms with van der Waals surface area (Å²) in [6, 6.07) is 22.7. The van der Waals surface area contributed by atoms with Gasteiger partial charge in [-0.2, -0.15) is 4.31 Å². The number of nitrogens with one attached hydrogen (secondary N) is 1. The van der Waals surface area contributed by atoms with Crippen LogP contribution in [0.5, 0.6) is 5.75 Å². The summed E-state index contributed by atoms with van der Waals surface area (Å²) in [6.07, 6.45) is 0. The molecule has 1 N–H and O–H groups in total. The van der Waals surface area contributed by atoms with Crippen LogP contribution in [-0.4, -0.2) is 37.3 Å². The van der Waals surface area contributed by atoms with Crippen molar-refractivity contribution in [3.63, 3.8) is 0 Å². The molecule has 5 rings (SSSR count). The van der Waals surface area contributed by atoms with Crippen molar-refractivity contribution in [2.75, 3.05) is 19.0 Å². The highest BCUT2D eigenvalue weighted by atomic mass is 32.2. The van der Waals surface area contributed by atoms with E-state index in [1.807, 2.05) is 61.5 Å². The molecule has 0 radical (unpaired) electrons. The number of furan rings is 1. The van der Waals surface area contributed by atoms with Crippen molar-refractivity contribution in [1.29, 1.82) is 0 Å². The maximum atomic E-state index is 13.0. The van der Waals surface area contributed by atoms with Gasteiger partial charge < -0.3 is 9.15 Å². The molecule has 0 bridgehead atoms. The Morgan fingerprint density at radius 3 is 2.55 bits per heavy atom. The third-order valence-corrected chi connectivity index (χ3v) is 8.42. The molecule has 194 valence electrons. The molecular weight excluding hydrogens is 522 g/mol. The molecule has 0 aliphatic heterocycles. The van der Waals surface area contributed by atoms with Gasteiger partial charge in [0, 0.05) is 29.9 Å². The van der Waals surface area contributed by atoms with Crippen LogP contribution in [0.2, 0.25) is 0 Å². The molecule has 3 aromatic carbocycles. The van der Waals surface area contributed by atoms with Crippen molar-refractivity contribution >= 4 is 43.4 Å². The van der Waals surface area contributed by atoms with E-state index in [0.29, 0.717) is 34.3 Å². The summed E-state index contributed by atoms with van der Waals surface area (Å²) in [5.41, 5.74) is 2.52. The molecule has 8 nitrogen and oxygen atoms in total. The van der Waals surface area contributed by atoms with Crippen molar-refractivity contribution in [1.82, 2.24) is 9.29 Å². The summed E-state index contributed by atoms with van der Waals surface area (Å²) in [7, 11) is -2.18. The second-order valence-electron chi connectivity index (χ2n) is 8.51. The van der Waals surface area contributed by atoms with Gasteiger partial charge in [-0.05, 0) is 61.0 Å². The lowest BCUT2D eigenvalue weighted by atomic mass is 10.2. The molecule has 10 heteroatoms. The lowest BCUT2D eigenvalue weighted by Gasteiger charge is -2.17. The molecule has 1 amide bonds. The van der Waals surface area contributed by atoms with Crippen molar-refractivity contribution < 1.29 is 22.4 Å². The maximum absolute atomic E-state index is 13.0. The van der Waals surface area contributed by atoms with Gasteiger partial charge in [0.2, 0.25) is 10.0 Å². The Balaban J connectivity index is 1.26. The fourth-order valence-electron chi connectivity index (χ4n) is 3.90. The number of hydrogen-bond acceptors (Lipinski definition) is 7. The minimum Gasteiger partial charge on any atom is -0.494 e. The average molecular weight is 548 g/mol. The highest BCUT2D eigenvalue weighted by Gasteiger charge is 2.21. The zero-order valence-corrected chi connectivity index (χ0v) is 22.4. The molecular formula is C28H25N3O5S2. The largest absolute Gasteiger partial charge is 0.494 e. The van der Waals surface area contributed by atoms with Crippen LogP contribution in [0.15, 0.2) is 93.6 Å². The van der Waals surface area contributed by atoms with Crippen LogP contribution in [0, 0.1) is 0 Å². The first kappa shape index (κ1) is 25.7. The molecule has 0 atom stereocenters. The van der Waals surface area contributed by atoms with Crippen LogP contribution in [0.3, 0.4) is 0 Å². The number of ether oxygens (including phenoxy) is 1. The fraction of sp³-hybridized carbons (Fsp3) is 0.143. The quantitative estimate of drug-likeness (QED) is 0.242. The first-order valence-electron chi connectivity index (χ1n) is 11.9. The van der Waals surface area contributed by atoms with E-state index in [1.54, 1.807) is 5.38 Å². The van der Waals surface area contributed by atoms with Crippen molar-refractivity contribution in [3.05, 3.63) is 95.4 Å². The van der Waals surface area contributed by atoms with Crippen LogP contribution in [-0.2, 0) is 16.6 Å². The maximum Gasteiger partial charge on any atom is 0.257 e. The number of hydrogen-bond donors (Lipinski definition) is 1. The molecule has 38 heavy (non-hydrogen) atoms. The zero-order chi connectivity index (χ0) is 26.7. The van der Waals surface area contributed by atoms with Crippen LogP contribution in [0.25, 0.3) is 22.4 Å². The summed E-state index contributed by atoms with van der Waals surface area (Å²) in [6.45, 7) is 2.75. The number of benzene rings is 3. The number of carbonyl (C=O) groups is 1. The Labute approximate surface area is 224 Å². The van der Waals surface area contributed by atoms with Crippen LogP contribution < -0.4 is 10.1 Å². The van der Waals surface area contributed by atoms with Gasteiger partial charge in [0.15, 0.2) is 10.9 Å². The van der Waals surface area contributed by atoms with Crippen molar-refractivity contribution in [3.8, 4) is 17.2 Å². The van der Waals surface area contributed by atoms with Gasteiger partial charge in [-0.25, -0.2) is 13.4 Å². The number of anilines is 1. The number of aromatic nitrogens is 1. The first-order chi connectivity index (χ1) is 18.3. The predicted molar refractivity (Wildman–Crippen MR) is 148 cm³/mol. The van der Waals surface area contributed by atoms with E-state index in [4.69, 9.17) is 9.15 Å². The summed E-state index contributed by atoms with van der Waals surface area (Å²) < 4.78 is 38.7. The number of thiazole rings is 1. The Bertz CT molecular complexity index is 1680. The molecule has 0 fully saturated rings. The second kappa shape index (κ2) is 10.8. The van der Waals surface area contributed by atoms with Crippen molar-refractivity contribution in [2.45, 2.75) is 18.4 Å².